The van der Waals surface area contributed by atoms with E-state index in [1.54, 1.807) is 27.4 Å². The van der Waals surface area contributed by atoms with Gasteiger partial charge in [0.05, 0.1) is 19.9 Å². The van der Waals surface area contributed by atoms with Crippen LogP contribution in [0.25, 0.3) is 22.0 Å². The summed E-state index contributed by atoms with van der Waals surface area (Å²) in [5, 5.41) is 8.65. The normalized spacial score (nSPS) is 11.3. The molecule has 0 unspecified atom stereocenters. The Balaban J connectivity index is 1.87. The molecule has 6 nitrogen and oxygen atoms in total. The largest absolute Gasteiger partial charge is 0.493 e. The van der Waals surface area contributed by atoms with Crippen molar-refractivity contribution in [2.45, 2.75) is 6.73 Å². The summed E-state index contributed by atoms with van der Waals surface area (Å²) in [5.74, 6) is 1.81. The lowest BCUT2D eigenvalue weighted by molar-refractivity contribution is 0.123. The summed E-state index contributed by atoms with van der Waals surface area (Å²) in [4.78, 5) is 0. The van der Waals surface area contributed by atoms with Crippen molar-refractivity contribution in [2.24, 2.45) is 0 Å². The van der Waals surface area contributed by atoms with Gasteiger partial charge in [0.1, 0.15) is 18.4 Å². The Hall–Kier alpha value is -3.19. The predicted octanol–water partition coefficient (Wildman–Crippen LogP) is 4.58. The zero-order valence-electron chi connectivity index (χ0n) is 15.3. The smallest absolute Gasteiger partial charge is 0.161 e. The Bertz CT molecular complexity index is 1070. The van der Waals surface area contributed by atoms with Crippen LogP contribution in [-0.4, -0.2) is 31.1 Å². The van der Waals surface area contributed by atoms with Gasteiger partial charge in [-0.1, -0.05) is 6.07 Å². The molecular formula is C20H20FN3O3. The molecule has 0 amide bonds. The van der Waals surface area contributed by atoms with E-state index >= 15 is 0 Å². The van der Waals surface area contributed by atoms with Crippen LogP contribution in [-0.2, 0) is 11.5 Å². The number of rotatable bonds is 6. The van der Waals surface area contributed by atoms with Gasteiger partial charge in [0.2, 0.25) is 0 Å². The minimum absolute atomic E-state index is 0.299. The Morgan fingerprint density at radius 2 is 1.81 bits per heavy atom. The number of fused-ring (bicyclic) bond motifs is 3. The van der Waals surface area contributed by atoms with Crippen molar-refractivity contribution in [2.75, 3.05) is 26.6 Å². The van der Waals surface area contributed by atoms with Gasteiger partial charge in [-0.25, -0.2) is 9.07 Å². The van der Waals surface area contributed by atoms with Crippen LogP contribution in [0.4, 0.5) is 15.9 Å². The maximum Gasteiger partial charge on any atom is 0.161 e. The van der Waals surface area contributed by atoms with Gasteiger partial charge < -0.3 is 19.5 Å². The van der Waals surface area contributed by atoms with Crippen molar-refractivity contribution in [3.63, 3.8) is 0 Å². The maximum absolute atomic E-state index is 13.6. The summed E-state index contributed by atoms with van der Waals surface area (Å²) in [5.41, 5.74) is 2.55. The van der Waals surface area contributed by atoms with E-state index in [2.05, 4.69) is 16.5 Å². The molecule has 0 atom stereocenters. The third kappa shape index (κ3) is 2.96. The SMILES string of the molecule is COCn1[nH]c2c3cc(OC)c(OC)cc3cc-2c1Nc1cccc(F)c1. The summed E-state index contributed by atoms with van der Waals surface area (Å²) in [7, 11) is 4.85. The molecule has 27 heavy (non-hydrogen) atoms. The minimum atomic E-state index is -0.299. The second-order valence-corrected chi connectivity index (χ2v) is 6.17. The molecule has 0 fully saturated rings. The molecule has 2 N–H and O–H groups in total. The molecule has 1 heterocycles. The molecule has 1 aliphatic heterocycles. The predicted molar refractivity (Wildman–Crippen MR) is 103 cm³/mol. The van der Waals surface area contributed by atoms with Crippen LogP contribution >= 0.6 is 0 Å². The van der Waals surface area contributed by atoms with Crippen LogP contribution in [0.3, 0.4) is 0 Å². The molecule has 1 aliphatic carbocycles. The third-order valence-electron chi connectivity index (χ3n) is 4.51. The minimum Gasteiger partial charge on any atom is -0.493 e. The number of halogens is 1. The molecule has 140 valence electrons. The van der Waals surface area contributed by atoms with Crippen LogP contribution < -0.4 is 14.8 Å². The maximum atomic E-state index is 13.6. The fourth-order valence-electron chi connectivity index (χ4n) is 3.31. The highest BCUT2D eigenvalue weighted by molar-refractivity contribution is 6.05. The van der Waals surface area contributed by atoms with Crippen molar-refractivity contribution < 1.29 is 18.6 Å². The molecular weight excluding hydrogens is 349 g/mol. The van der Waals surface area contributed by atoms with Gasteiger partial charge in [-0.2, -0.15) is 0 Å². The van der Waals surface area contributed by atoms with Gasteiger partial charge in [0.15, 0.2) is 11.5 Å². The van der Waals surface area contributed by atoms with Crippen LogP contribution in [0.1, 0.15) is 0 Å². The van der Waals surface area contributed by atoms with Gasteiger partial charge in [0.25, 0.3) is 0 Å². The molecule has 0 saturated heterocycles. The third-order valence-corrected chi connectivity index (χ3v) is 4.51. The van der Waals surface area contributed by atoms with E-state index in [0.717, 1.165) is 27.8 Å². The lowest BCUT2D eigenvalue weighted by atomic mass is 10.2. The van der Waals surface area contributed by atoms with Crippen LogP contribution in [0, 0.1) is 5.82 Å². The number of aromatic nitrogens is 2. The number of methoxy groups -OCH3 is 3. The summed E-state index contributed by atoms with van der Waals surface area (Å²) < 4.78 is 31.5. The van der Waals surface area contributed by atoms with Crippen LogP contribution in [0.15, 0.2) is 42.5 Å². The first kappa shape index (κ1) is 17.2. The van der Waals surface area contributed by atoms with Crippen LogP contribution in [0.5, 0.6) is 11.5 Å². The number of anilines is 2. The van der Waals surface area contributed by atoms with Crippen molar-refractivity contribution in [3.8, 4) is 22.8 Å². The second-order valence-electron chi connectivity index (χ2n) is 6.17. The topological polar surface area (TPSA) is 60.4 Å². The molecule has 4 rings (SSSR count). The van der Waals surface area contributed by atoms with E-state index in [9.17, 15) is 4.39 Å². The van der Waals surface area contributed by atoms with E-state index < -0.39 is 0 Å². The Kier molecular flexibility index (Phi) is 4.37. The van der Waals surface area contributed by atoms with Crippen LogP contribution in [0.2, 0.25) is 0 Å². The molecule has 2 aromatic carbocycles. The van der Waals surface area contributed by atoms with Crippen molar-refractivity contribution >= 4 is 22.3 Å². The fourth-order valence-corrected chi connectivity index (χ4v) is 3.31. The molecule has 0 spiro atoms. The lowest BCUT2D eigenvalue weighted by Crippen LogP contribution is -2.06. The number of aromatic amines is 1. The van der Waals surface area contributed by atoms with Gasteiger partial charge >= 0.3 is 0 Å². The number of benzene rings is 2. The highest BCUT2D eigenvalue weighted by atomic mass is 19.1. The number of nitrogens with one attached hydrogen (secondary N) is 2. The van der Waals surface area contributed by atoms with Crippen molar-refractivity contribution in [3.05, 3.63) is 48.3 Å². The average molecular weight is 369 g/mol. The zero-order chi connectivity index (χ0) is 19.0. The first-order chi connectivity index (χ1) is 13.1. The lowest BCUT2D eigenvalue weighted by Gasteiger charge is -2.10. The Morgan fingerprint density at radius 3 is 2.52 bits per heavy atom. The van der Waals surface area contributed by atoms with Crippen molar-refractivity contribution in [1.82, 2.24) is 9.78 Å². The number of ether oxygens (including phenoxy) is 3. The highest BCUT2D eigenvalue weighted by Crippen LogP contribution is 2.43. The van der Waals surface area contributed by atoms with Gasteiger partial charge in [-0.15, -0.1) is 0 Å². The second kappa shape index (κ2) is 6.85. The monoisotopic (exact) mass is 369 g/mol. The highest BCUT2D eigenvalue weighted by Gasteiger charge is 2.22. The van der Waals surface area contributed by atoms with E-state index in [1.165, 1.54) is 12.1 Å². The first-order valence-corrected chi connectivity index (χ1v) is 8.43. The van der Waals surface area contributed by atoms with E-state index in [1.807, 2.05) is 22.9 Å². The molecule has 0 radical (unpaired) electrons. The van der Waals surface area contributed by atoms with Crippen molar-refractivity contribution in [1.29, 1.82) is 0 Å². The van der Waals surface area contributed by atoms with E-state index in [4.69, 9.17) is 14.2 Å². The Morgan fingerprint density at radius 1 is 1.04 bits per heavy atom. The fraction of sp³-hybridized carbons (Fsp3) is 0.200. The molecule has 0 saturated carbocycles. The number of hydrogen-bond acceptors (Lipinski definition) is 4. The van der Waals surface area contributed by atoms with E-state index in [-0.39, 0.29) is 5.82 Å². The Labute approximate surface area is 155 Å². The average Bonchev–Trinajstić information content (AvgIpc) is 3.17. The standard InChI is InChI=1S/C20H20FN3O3/c1-25-11-24-20(22-14-6-4-5-13(21)9-14)16-7-12-8-17(26-2)18(27-3)10-15(12)19(16)23-24/h4-10,22-23H,11H2,1-3H3. The van der Waals surface area contributed by atoms with E-state index in [0.29, 0.717) is 23.9 Å². The van der Waals surface area contributed by atoms with Gasteiger partial charge in [0, 0.05) is 23.7 Å². The molecule has 2 aromatic rings. The summed E-state index contributed by atoms with van der Waals surface area (Å²) in [6.45, 7) is 0.321. The summed E-state index contributed by atoms with van der Waals surface area (Å²) in [6.07, 6.45) is 0. The number of nitrogens with zero attached hydrogens (tertiary/aromatic N) is 1. The van der Waals surface area contributed by atoms with Gasteiger partial charge in [-0.05, 0) is 41.8 Å². The zero-order valence-corrected chi connectivity index (χ0v) is 15.3. The molecule has 7 heteroatoms. The molecule has 2 aliphatic rings. The quantitative estimate of drug-likeness (QED) is 0.522. The summed E-state index contributed by atoms with van der Waals surface area (Å²) in [6, 6.07) is 12.3. The molecule has 0 bridgehead atoms. The van der Waals surface area contributed by atoms with Gasteiger partial charge in [-0.3, -0.25) is 5.10 Å². The first-order valence-electron chi connectivity index (χ1n) is 8.43. The summed E-state index contributed by atoms with van der Waals surface area (Å²) >= 11 is 0. The number of hydrogen-bond donors (Lipinski definition) is 2. The number of H-pyrrole nitrogens is 1. The molecule has 0 aromatic heterocycles.